The van der Waals surface area contributed by atoms with Gasteiger partial charge in [-0.15, -0.1) is 0 Å². The predicted molar refractivity (Wildman–Crippen MR) is 156 cm³/mol. The molecule has 10 heteroatoms. The smallest absolute Gasteiger partial charge is 0.266 e. The topological polar surface area (TPSA) is 63.6 Å². The number of aliphatic imine (C=N–C) groups is 1. The largest absolute Gasteiger partial charge is 0.493 e. The zero-order chi connectivity index (χ0) is 27.4. The SMILES string of the molecule is COc1cc(C=C2SC(=Nc3ccc(N4CCOCC4)cc3)N(C)C2=O)c(Br)cc1OCc1ccccc1F. The van der Waals surface area contributed by atoms with E-state index >= 15 is 0 Å². The first-order chi connectivity index (χ1) is 18.9. The molecule has 2 saturated heterocycles. The molecular formula is C29H27BrFN3O4S. The summed E-state index contributed by atoms with van der Waals surface area (Å²) in [6, 6.07) is 18.0. The summed E-state index contributed by atoms with van der Waals surface area (Å²) in [5, 5.41) is 0.596. The minimum Gasteiger partial charge on any atom is -0.493 e. The predicted octanol–water partition coefficient (Wildman–Crippen LogP) is 6.25. The summed E-state index contributed by atoms with van der Waals surface area (Å²) >= 11 is 4.88. The first-order valence-corrected chi connectivity index (χ1v) is 14.0. The molecule has 0 unspecified atom stereocenters. The molecule has 0 aromatic heterocycles. The fourth-order valence-electron chi connectivity index (χ4n) is 4.17. The summed E-state index contributed by atoms with van der Waals surface area (Å²) < 4.78 is 31.5. The highest BCUT2D eigenvalue weighted by atomic mass is 79.9. The molecule has 0 spiro atoms. The van der Waals surface area contributed by atoms with E-state index in [0.29, 0.717) is 31.6 Å². The number of morpholine rings is 1. The fourth-order valence-corrected chi connectivity index (χ4v) is 5.58. The van der Waals surface area contributed by atoms with Gasteiger partial charge in [0.15, 0.2) is 16.7 Å². The van der Waals surface area contributed by atoms with Crippen molar-refractivity contribution in [3.63, 3.8) is 0 Å². The first kappa shape index (κ1) is 27.2. The lowest BCUT2D eigenvalue weighted by Gasteiger charge is -2.28. The number of methoxy groups -OCH3 is 1. The highest BCUT2D eigenvalue weighted by Gasteiger charge is 2.30. The van der Waals surface area contributed by atoms with Crippen molar-refractivity contribution in [3.05, 3.63) is 87.0 Å². The summed E-state index contributed by atoms with van der Waals surface area (Å²) in [7, 11) is 3.25. The lowest BCUT2D eigenvalue weighted by molar-refractivity contribution is -0.121. The first-order valence-electron chi connectivity index (χ1n) is 12.4. The summed E-state index contributed by atoms with van der Waals surface area (Å²) in [6.07, 6.45) is 1.79. The number of halogens is 2. The Morgan fingerprint density at radius 2 is 1.85 bits per heavy atom. The number of benzene rings is 3. The van der Waals surface area contributed by atoms with Gasteiger partial charge in [0.25, 0.3) is 5.91 Å². The number of amidine groups is 1. The van der Waals surface area contributed by atoms with Crippen molar-refractivity contribution in [2.75, 3.05) is 45.4 Å². The normalized spacial score (nSPS) is 17.8. The third kappa shape index (κ3) is 6.29. The van der Waals surface area contributed by atoms with Crippen LogP contribution in [0.4, 0.5) is 15.8 Å². The van der Waals surface area contributed by atoms with Gasteiger partial charge in [-0.25, -0.2) is 9.38 Å². The molecule has 0 N–H and O–H groups in total. The van der Waals surface area contributed by atoms with Crippen LogP contribution in [0.25, 0.3) is 6.08 Å². The molecule has 3 aromatic carbocycles. The number of likely N-dealkylation sites (N-methyl/N-ethyl adjacent to an activating group) is 1. The Morgan fingerprint density at radius 3 is 2.56 bits per heavy atom. The molecule has 2 fully saturated rings. The Hall–Kier alpha value is -3.34. The van der Waals surface area contributed by atoms with Crippen molar-refractivity contribution >= 4 is 56.2 Å². The number of carbonyl (C=O) groups excluding carboxylic acids is 1. The van der Waals surface area contributed by atoms with E-state index in [1.54, 1.807) is 48.4 Å². The van der Waals surface area contributed by atoms with E-state index in [0.717, 1.165) is 43.2 Å². The Morgan fingerprint density at radius 1 is 1.10 bits per heavy atom. The Labute approximate surface area is 239 Å². The molecule has 3 aromatic rings. The zero-order valence-electron chi connectivity index (χ0n) is 21.5. The van der Waals surface area contributed by atoms with E-state index in [9.17, 15) is 9.18 Å². The minimum atomic E-state index is -0.330. The van der Waals surface area contributed by atoms with Crippen LogP contribution in [0.5, 0.6) is 11.5 Å². The van der Waals surface area contributed by atoms with E-state index in [1.807, 2.05) is 24.3 Å². The number of ether oxygens (including phenoxy) is 3. The molecule has 0 saturated carbocycles. The molecule has 2 aliphatic rings. The summed E-state index contributed by atoms with van der Waals surface area (Å²) in [4.78, 5) is 22.1. The molecule has 7 nitrogen and oxygen atoms in total. The Kier molecular flexibility index (Phi) is 8.54. The van der Waals surface area contributed by atoms with Crippen LogP contribution < -0.4 is 14.4 Å². The Balaban J connectivity index is 1.32. The quantitative estimate of drug-likeness (QED) is 0.294. The van der Waals surface area contributed by atoms with Crippen molar-refractivity contribution in [2.45, 2.75) is 6.61 Å². The van der Waals surface area contributed by atoms with Crippen molar-refractivity contribution < 1.29 is 23.4 Å². The summed E-state index contributed by atoms with van der Waals surface area (Å²) in [6.45, 7) is 3.26. The number of thioether (sulfide) groups is 1. The maximum Gasteiger partial charge on any atom is 0.266 e. The monoisotopic (exact) mass is 611 g/mol. The molecule has 5 rings (SSSR count). The van der Waals surface area contributed by atoms with E-state index in [-0.39, 0.29) is 18.3 Å². The van der Waals surface area contributed by atoms with Gasteiger partial charge in [-0.05, 0) is 65.9 Å². The van der Waals surface area contributed by atoms with Gasteiger partial charge in [0.1, 0.15) is 12.4 Å². The van der Waals surface area contributed by atoms with Gasteiger partial charge in [0, 0.05) is 35.9 Å². The van der Waals surface area contributed by atoms with E-state index < -0.39 is 0 Å². The third-order valence-electron chi connectivity index (χ3n) is 6.36. The number of carbonyl (C=O) groups is 1. The molecule has 202 valence electrons. The van der Waals surface area contributed by atoms with Crippen LogP contribution in [-0.4, -0.2) is 56.4 Å². The summed E-state index contributed by atoms with van der Waals surface area (Å²) in [5.41, 5.74) is 3.09. The molecule has 2 heterocycles. The van der Waals surface area contributed by atoms with Crippen LogP contribution in [0.1, 0.15) is 11.1 Å². The van der Waals surface area contributed by atoms with Crippen LogP contribution in [0.15, 0.2) is 75.0 Å². The number of amides is 1. The highest BCUT2D eigenvalue weighted by molar-refractivity contribution is 9.10. The van der Waals surface area contributed by atoms with E-state index in [4.69, 9.17) is 19.2 Å². The van der Waals surface area contributed by atoms with Gasteiger partial charge in [0.05, 0.1) is 30.9 Å². The second-order valence-corrected chi connectivity index (χ2v) is 10.8. The van der Waals surface area contributed by atoms with Gasteiger partial charge in [0.2, 0.25) is 0 Å². The van der Waals surface area contributed by atoms with E-state index in [1.165, 1.54) is 24.9 Å². The number of hydrogen-bond acceptors (Lipinski definition) is 7. The lowest BCUT2D eigenvalue weighted by atomic mass is 10.1. The fraction of sp³-hybridized carbons (Fsp3) is 0.241. The molecular weight excluding hydrogens is 585 g/mol. The van der Waals surface area contributed by atoms with Crippen LogP contribution in [0.3, 0.4) is 0 Å². The molecule has 1 amide bonds. The zero-order valence-corrected chi connectivity index (χ0v) is 23.9. The van der Waals surface area contributed by atoms with Crippen molar-refractivity contribution in [1.29, 1.82) is 0 Å². The molecule has 0 bridgehead atoms. The maximum absolute atomic E-state index is 14.0. The molecule has 39 heavy (non-hydrogen) atoms. The molecule has 0 aliphatic carbocycles. The van der Waals surface area contributed by atoms with Gasteiger partial charge in [-0.2, -0.15) is 0 Å². The van der Waals surface area contributed by atoms with Crippen LogP contribution >= 0.6 is 27.7 Å². The minimum absolute atomic E-state index is 0.0578. The number of hydrogen-bond donors (Lipinski definition) is 0. The molecule has 2 aliphatic heterocycles. The van der Waals surface area contributed by atoms with Crippen LogP contribution in [-0.2, 0) is 16.1 Å². The van der Waals surface area contributed by atoms with Crippen molar-refractivity contribution in [2.24, 2.45) is 4.99 Å². The van der Waals surface area contributed by atoms with Gasteiger partial charge in [-0.3, -0.25) is 9.69 Å². The lowest BCUT2D eigenvalue weighted by Crippen LogP contribution is -2.36. The van der Waals surface area contributed by atoms with Crippen molar-refractivity contribution in [3.8, 4) is 11.5 Å². The number of rotatable bonds is 7. The summed E-state index contributed by atoms with van der Waals surface area (Å²) in [5.74, 6) is 0.456. The van der Waals surface area contributed by atoms with Crippen LogP contribution in [0.2, 0.25) is 0 Å². The van der Waals surface area contributed by atoms with E-state index in [2.05, 4.69) is 20.8 Å². The highest BCUT2D eigenvalue weighted by Crippen LogP contribution is 2.38. The maximum atomic E-state index is 14.0. The molecule has 0 radical (unpaired) electrons. The average molecular weight is 613 g/mol. The second-order valence-electron chi connectivity index (χ2n) is 8.89. The number of anilines is 1. The second kappa shape index (κ2) is 12.2. The molecule has 0 atom stereocenters. The Bertz CT molecular complexity index is 1420. The average Bonchev–Trinajstić information content (AvgIpc) is 3.22. The van der Waals surface area contributed by atoms with Gasteiger partial charge < -0.3 is 19.1 Å². The third-order valence-corrected chi connectivity index (χ3v) is 8.11. The van der Waals surface area contributed by atoms with Crippen LogP contribution in [0, 0.1) is 5.82 Å². The number of nitrogens with zero attached hydrogens (tertiary/aromatic N) is 3. The van der Waals surface area contributed by atoms with Crippen molar-refractivity contribution in [1.82, 2.24) is 4.90 Å². The standard InChI is InChI=1S/C29H27BrFN3O4S/c1-33-28(35)27(39-29(33)32-21-7-9-22(10-8-21)34-11-13-37-14-12-34)16-20-15-25(36-2)26(17-23(20)30)38-18-19-5-3-4-6-24(19)31/h3-10,15-17H,11-14,18H2,1-2H3. The van der Waals surface area contributed by atoms with Gasteiger partial charge >= 0.3 is 0 Å². The van der Waals surface area contributed by atoms with Gasteiger partial charge in [-0.1, -0.05) is 34.1 Å².